The fourth-order valence-corrected chi connectivity index (χ4v) is 2.74. The highest BCUT2D eigenvalue weighted by atomic mass is 16.6. The lowest BCUT2D eigenvalue weighted by Gasteiger charge is -2.23. The van der Waals surface area contributed by atoms with E-state index >= 15 is 0 Å². The molecule has 166 valence electrons. The quantitative estimate of drug-likeness (QED) is 0.399. The van der Waals surface area contributed by atoms with Crippen molar-refractivity contribution in [2.75, 3.05) is 6.54 Å². The van der Waals surface area contributed by atoms with E-state index in [0.717, 1.165) is 5.56 Å². The molecule has 6 nitrogen and oxygen atoms in total. The van der Waals surface area contributed by atoms with Crippen molar-refractivity contribution >= 4 is 17.8 Å². The van der Waals surface area contributed by atoms with E-state index in [4.69, 9.17) is 9.47 Å². The predicted molar refractivity (Wildman–Crippen MR) is 119 cm³/mol. The number of rotatable bonds is 12. The largest absolute Gasteiger partial charge is 0.460 e. The molecule has 1 N–H and O–H groups in total. The van der Waals surface area contributed by atoms with Crippen LogP contribution in [0.15, 0.2) is 55.6 Å². The summed E-state index contributed by atoms with van der Waals surface area (Å²) >= 11 is 0. The van der Waals surface area contributed by atoms with Crippen LogP contribution in [0.1, 0.15) is 59.5 Å². The van der Waals surface area contributed by atoms with E-state index in [2.05, 4.69) is 18.5 Å². The lowest BCUT2D eigenvalue weighted by Crippen LogP contribution is -2.36. The van der Waals surface area contributed by atoms with Crippen LogP contribution in [-0.4, -0.2) is 30.0 Å². The molecule has 1 aromatic rings. The number of amides is 1. The zero-order valence-corrected chi connectivity index (χ0v) is 18.2. The van der Waals surface area contributed by atoms with Crippen LogP contribution in [0.2, 0.25) is 0 Å². The molecule has 1 amide bonds. The Labute approximate surface area is 180 Å². The van der Waals surface area contributed by atoms with Crippen molar-refractivity contribution in [2.24, 2.45) is 5.92 Å². The van der Waals surface area contributed by atoms with Crippen molar-refractivity contribution in [3.05, 3.63) is 61.2 Å². The van der Waals surface area contributed by atoms with E-state index in [0.29, 0.717) is 12.8 Å². The first kappa shape index (κ1) is 25.1. The molecular weight excluding hydrogens is 382 g/mol. The number of carbonyl (C=O) groups excluding carboxylic acids is 3. The molecule has 0 saturated heterocycles. The van der Waals surface area contributed by atoms with Crippen LogP contribution in [0, 0.1) is 5.92 Å². The Balaban J connectivity index is 0.00000900. The third kappa shape index (κ3) is 10.0. The second-order valence-corrected chi connectivity index (χ2v) is 7.97. The standard InChI is InChI=1S/C24H33NO5.H2/c1-6-8-15-21(26)29-20(18-13-10-9-11-14-18)17-25-23(28)19(12-7-2)16-22(27)30-24(3,4)5;/h6-7,9-11,13-14,19-20H,1-2,8,12,15-17H2,3-5H3,(H,25,28);1H. The van der Waals surface area contributed by atoms with Gasteiger partial charge in [0.1, 0.15) is 11.7 Å². The maximum atomic E-state index is 12.7. The highest BCUT2D eigenvalue weighted by Crippen LogP contribution is 2.19. The number of allylic oxidation sites excluding steroid dienone is 2. The van der Waals surface area contributed by atoms with Gasteiger partial charge in [-0.2, -0.15) is 0 Å². The summed E-state index contributed by atoms with van der Waals surface area (Å²) in [6.07, 6.45) is 3.64. The van der Waals surface area contributed by atoms with Gasteiger partial charge >= 0.3 is 11.9 Å². The van der Waals surface area contributed by atoms with Crippen LogP contribution in [0.3, 0.4) is 0 Å². The van der Waals surface area contributed by atoms with Crippen LogP contribution in [0.5, 0.6) is 0 Å². The first-order chi connectivity index (χ1) is 14.2. The lowest BCUT2D eigenvalue weighted by atomic mass is 10.00. The van der Waals surface area contributed by atoms with E-state index in [1.165, 1.54) is 0 Å². The van der Waals surface area contributed by atoms with Crippen molar-refractivity contribution in [3.63, 3.8) is 0 Å². The van der Waals surface area contributed by atoms with Crippen molar-refractivity contribution in [1.82, 2.24) is 5.32 Å². The van der Waals surface area contributed by atoms with Gasteiger partial charge in [0, 0.05) is 7.85 Å². The number of nitrogens with one attached hydrogen (secondary N) is 1. The molecule has 30 heavy (non-hydrogen) atoms. The number of esters is 2. The van der Waals surface area contributed by atoms with E-state index in [1.54, 1.807) is 32.9 Å². The van der Waals surface area contributed by atoms with Gasteiger partial charge < -0.3 is 14.8 Å². The minimum absolute atomic E-state index is 0. The summed E-state index contributed by atoms with van der Waals surface area (Å²) in [5.41, 5.74) is 0.154. The van der Waals surface area contributed by atoms with Crippen molar-refractivity contribution < 1.29 is 25.3 Å². The van der Waals surface area contributed by atoms with Crippen LogP contribution >= 0.6 is 0 Å². The van der Waals surface area contributed by atoms with E-state index in [-0.39, 0.29) is 32.7 Å². The van der Waals surface area contributed by atoms with Crippen LogP contribution in [0.25, 0.3) is 0 Å². The molecule has 0 aliphatic carbocycles. The van der Waals surface area contributed by atoms with Crippen molar-refractivity contribution in [2.45, 2.75) is 58.2 Å². The number of benzene rings is 1. The summed E-state index contributed by atoms with van der Waals surface area (Å²) in [6.45, 7) is 12.7. The van der Waals surface area contributed by atoms with Crippen LogP contribution in [0.4, 0.5) is 0 Å². The molecule has 1 rings (SSSR count). The van der Waals surface area contributed by atoms with Gasteiger partial charge in [-0.1, -0.05) is 42.5 Å². The molecule has 0 aromatic heterocycles. The zero-order valence-electron chi connectivity index (χ0n) is 18.2. The summed E-state index contributed by atoms with van der Waals surface area (Å²) in [6, 6.07) is 9.20. The average Bonchev–Trinajstić information content (AvgIpc) is 2.68. The predicted octanol–water partition coefficient (Wildman–Crippen LogP) is 4.52. The average molecular weight is 418 g/mol. The number of hydrogen-bond acceptors (Lipinski definition) is 5. The molecule has 0 heterocycles. The molecule has 0 aliphatic heterocycles. The summed E-state index contributed by atoms with van der Waals surface area (Å²) in [7, 11) is 0. The molecule has 2 atom stereocenters. The molecule has 0 aliphatic rings. The fourth-order valence-electron chi connectivity index (χ4n) is 2.74. The first-order valence-corrected chi connectivity index (χ1v) is 10.1. The maximum absolute atomic E-state index is 12.7. The molecule has 0 radical (unpaired) electrons. The van der Waals surface area contributed by atoms with Crippen LogP contribution in [-0.2, 0) is 23.9 Å². The molecule has 0 spiro atoms. The monoisotopic (exact) mass is 417 g/mol. The second kappa shape index (κ2) is 12.6. The maximum Gasteiger partial charge on any atom is 0.307 e. The highest BCUT2D eigenvalue weighted by Gasteiger charge is 2.26. The van der Waals surface area contributed by atoms with Gasteiger partial charge in [0.2, 0.25) is 5.91 Å². The Morgan fingerprint density at radius 3 is 2.33 bits per heavy atom. The molecular formula is C24H35NO5. The van der Waals surface area contributed by atoms with Gasteiger partial charge in [0.05, 0.1) is 18.9 Å². The van der Waals surface area contributed by atoms with Crippen molar-refractivity contribution in [1.29, 1.82) is 0 Å². The number of ether oxygens (including phenoxy) is 2. The molecule has 0 bridgehead atoms. The van der Waals surface area contributed by atoms with Gasteiger partial charge in [0.15, 0.2) is 0 Å². The SMILES string of the molecule is C=CCCC(=O)OC(CNC(=O)C(CC=C)CC(=O)OC(C)(C)C)c1ccccc1.[HH]. The Morgan fingerprint density at radius 1 is 1.10 bits per heavy atom. The third-order valence-corrected chi connectivity index (χ3v) is 4.11. The first-order valence-electron chi connectivity index (χ1n) is 10.1. The lowest BCUT2D eigenvalue weighted by molar-refractivity contribution is -0.157. The van der Waals surface area contributed by atoms with Crippen molar-refractivity contribution in [3.8, 4) is 0 Å². The zero-order chi connectivity index (χ0) is 22.6. The minimum atomic E-state index is -0.627. The molecule has 0 saturated carbocycles. The number of hydrogen-bond donors (Lipinski definition) is 1. The van der Waals surface area contributed by atoms with Gasteiger partial charge in [-0.15, -0.1) is 13.2 Å². The van der Waals surface area contributed by atoms with E-state index < -0.39 is 23.6 Å². The summed E-state index contributed by atoms with van der Waals surface area (Å²) in [4.78, 5) is 36.9. The summed E-state index contributed by atoms with van der Waals surface area (Å²) < 4.78 is 10.9. The van der Waals surface area contributed by atoms with Gasteiger partial charge in [-0.3, -0.25) is 14.4 Å². The molecule has 6 heteroatoms. The Morgan fingerprint density at radius 2 is 1.77 bits per heavy atom. The second-order valence-electron chi connectivity index (χ2n) is 7.97. The van der Waals surface area contributed by atoms with E-state index in [9.17, 15) is 14.4 Å². The van der Waals surface area contributed by atoms with Gasteiger partial charge in [-0.25, -0.2) is 0 Å². The van der Waals surface area contributed by atoms with Crippen LogP contribution < -0.4 is 5.32 Å². The third-order valence-electron chi connectivity index (χ3n) is 4.11. The van der Waals surface area contributed by atoms with Gasteiger partial charge in [0.25, 0.3) is 0 Å². The highest BCUT2D eigenvalue weighted by molar-refractivity contribution is 5.84. The van der Waals surface area contributed by atoms with E-state index in [1.807, 2.05) is 30.3 Å². The normalized spacial score (nSPS) is 12.9. The van der Waals surface area contributed by atoms with Gasteiger partial charge in [-0.05, 0) is 39.2 Å². The fraction of sp³-hybridized carbons (Fsp3) is 0.458. The topological polar surface area (TPSA) is 81.7 Å². The smallest absolute Gasteiger partial charge is 0.307 e. The molecule has 1 aromatic carbocycles. The Bertz CT molecular complexity index is 727. The molecule has 0 fully saturated rings. The summed E-state index contributed by atoms with van der Waals surface area (Å²) in [5.74, 6) is -1.73. The molecule has 2 unspecified atom stereocenters. The Hall–Kier alpha value is -2.89. The minimum Gasteiger partial charge on any atom is -0.460 e. The number of carbonyl (C=O) groups is 3. The Kier molecular flexibility index (Phi) is 10.6. The summed E-state index contributed by atoms with van der Waals surface area (Å²) in [5, 5.41) is 2.80.